The number of rotatable bonds is 0. The molecule has 0 unspecified atom stereocenters. The topological polar surface area (TPSA) is 38.1 Å². The molecule has 1 aromatic heterocycles. The molecule has 3 rings (SSSR count). The number of nitrogens with zero attached hydrogens (tertiary/aromatic N) is 1. The van der Waals surface area contributed by atoms with Gasteiger partial charge in [-0.25, -0.2) is 4.98 Å². The van der Waals surface area contributed by atoms with Crippen LogP contribution in [0, 0.1) is 5.92 Å². The van der Waals surface area contributed by atoms with Crippen molar-refractivity contribution in [1.82, 2.24) is 10.3 Å². The lowest BCUT2D eigenvalue weighted by atomic mass is 9.84. The third kappa shape index (κ3) is 1.11. The van der Waals surface area contributed by atoms with Crippen molar-refractivity contribution < 1.29 is 4.42 Å². The lowest BCUT2D eigenvalue weighted by Gasteiger charge is -2.31. The number of hydrogen-bond acceptors (Lipinski definition) is 3. The van der Waals surface area contributed by atoms with E-state index in [-0.39, 0.29) is 0 Å². The minimum atomic E-state index is 0.561. The van der Waals surface area contributed by atoms with Gasteiger partial charge in [0.2, 0.25) is 0 Å². The Morgan fingerprint density at radius 3 is 3.46 bits per heavy atom. The third-order valence-corrected chi connectivity index (χ3v) is 2.96. The van der Waals surface area contributed by atoms with Crippen molar-refractivity contribution in [2.75, 3.05) is 6.54 Å². The quantitative estimate of drug-likeness (QED) is 0.597. The average Bonchev–Trinajstić information content (AvgIpc) is 2.61. The highest BCUT2D eigenvalue weighted by Crippen LogP contribution is 2.27. The Kier molecular flexibility index (Phi) is 1.52. The zero-order valence-electron chi connectivity index (χ0n) is 7.36. The van der Waals surface area contributed by atoms with Gasteiger partial charge in [-0.3, -0.25) is 0 Å². The fraction of sp³-hybridized carbons (Fsp3) is 0.500. The van der Waals surface area contributed by atoms with Crippen LogP contribution >= 0.6 is 0 Å². The predicted octanol–water partition coefficient (Wildman–Crippen LogP) is 0.917. The molecule has 1 N–H and O–H groups in total. The SMILES string of the molecule is C1=C[C@@H]2Cc3ncoc3C[C@H]2NC1. The Bertz CT molecular complexity index is 342. The van der Waals surface area contributed by atoms with Crippen LogP contribution in [0.15, 0.2) is 23.0 Å². The van der Waals surface area contributed by atoms with Crippen LogP contribution in [0.2, 0.25) is 0 Å². The summed E-state index contributed by atoms with van der Waals surface area (Å²) in [4.78, 5) is 4.22. The van der Waals surface area contributed by atoms with Crippen LogP contribution in [0.25, 0.3) is 0 Å². The standard InChI is InChI=1S/C10H12N2O/c1-2-7-4-9-10(13-6-12-9)5-8(7)11-3-1/h1-2,6-8,11H,3-5H2/t7-,8-/m1/s1. The molecule has 1 aromatic rings. The highest BCUT2D eigenvalue weighted by molar-refractivity contribution is 5.19. The van der Waals surface area contributed by atoms with E-state index in [1.165, 1.54) is 0 Å². The summed E-state index contributed by atoms with van der Waals surface area (Å²) in [6.45, 7) is 0.991. The van der Waals surface area contributed by atoms with Crippen molar-refractivity contribution in [3.8, 4) is 0 Å². The maximum absolute atomic E-state index is 5.33. The normalized spacial score (nSPS) is 31.1. The summed E-state index contributed by atoms with van der Waals surface area (Å²) < 4.78 is 5.33. The third-order valence-electron chi connectivity index (χ3n) is 2.96. The van der Waals surface area contributed by atoms with Crippen molar-refractivity contribution in [2.24, 2.45) is 5.92 Å². The minimum Gasteiger partial charge on any atom is -0.448 e. The Morgan fingerprint density at radius 2 is 2.46 bits per heavy atom. The van der Waals surface area contributed by atoms with Gasteiger partial charge >= 0.3 is 0 Å². The molecule has 0 saturated carbocycles. The monoisotopic (exact) mass is 176 g/mol. The van der Waals surface area contributed by atoms with E-state index in [1.807, 2.05) is 0 Å². The van der Waals surface area contributed by atoms with E-state index in [0.717, 1.165) is 30.8 Å². The van der Waals surface area contributed by atoms with Crippen LogP contribution < -0.4 is 5.32 Å². The second-order valence-electron chi connectivity index (χ2n) is 3.74. The van der Waals surface area contributed by atoms with E-state index < -0.39 is 0 Å². The van der Waals surface area contributed by atoms with E-state index >= 15 is 0 Å². The summed E-state index contributed by atoms with van der Waals surface area (Å²) >= 11 is 0. The first-order chi connectivity index (χ1) is 6.43. The molecule has 0 bridgehead atoms. The molecule has 0 spiro atoms. The lowest BCUT2D eigenvalue weighted by Crippen LogP contribution is -2.43. The minimum absolute atomic E-state index is 0.561. The largest absolute Gasteiger partial charge is 0.448 e. The Morgan fingerprint density at radius 1 is 1.46 bits per heavy atom. The van der Waals surface area contributed by atoms with Crippen LogP contribution in [0.1, 0.15) is 11.5 Å². The number of aromatic nitrogens is 1. The second kappa shape index (κ2) is 2.70. The lowest BCUT2D eigenvalue weighted by molar-refractivity contribution is 0.345. The summed E-state index contributed by atoms with van der Waals surface area (Å²) in [5.41, 5.74) is 1.15. The fourth-order valence-corrected chi connectivity index (χ4v) is 2.23. The molecule has 2 atom stereocenters. The van der Waals surface area contributed by atoms with Gasteiger partial charge < -0.3 is 9.73 Å². The van der Waals surface area contributed by atoms with Gasteiger partial charge in [0.25, 0.3) is 0 Å². The van der Waals surface area contributed by atoms with Crippen molar-refractivity contribution in [1.29, 1.82) is 0 Å². The van der Waals surface area contributed by atoms with Gasteiger partial charge in [0.15, 0.2) is 6.39 Å². The van der Waals surface area contributed by atoms with Crippen molar-refractivity contribution >= 4 is 0 Å². The van der Waals surface area contributed by atoms with E-state index in [9.17, 15) is 0 Å². The Labute approximate surface area is 76.8 Å². The summed E-state index contributed by atoms with van der Waals surface area (Å²) in [5.74, 6) is 1.69. The van der Waals surface area contributed by atoms with E-state index in [2.05, 4.69) is 22.5 Å². The second-order valence-corrected chi connectivity index (χ2v) is 3.74. The number of hydrogen-bond donors (Lipinski definition) is 1. The van der Waals surface area contributed by atoms with Gasteiger partial charge in [0, 0.05) is 25.4 Å². The summed E-state index contributed by atoms with van der Waals surface area (Å²) in [6.07, 6.45) is 8.08. The molecule has 0 saturated heterocycles. The first-order valence-electron chi connectivity index (χ1n) is 4.75. The molecule has 1 aliphatic carbocycles. The van der Waals surface area contributed by atoms with Gasteiger partial charge in [-0.2, -0.15) is 0 Å². The molecule has 0 aromatic carbocycles. The Hall–Kier alpha value is -1.09. The summed E-state index contributed by atoms with van der Waals surface area (Å²) in [6, 6.07) is 0.561. The highest BCUT2D eigenvalue weighted by atomic mass is 16.3. The maximum atomic E-state index is 5.33. The van der Waals surface area contributed by atoms with Crippen molar-refractivity contribution in [3.05, 3.63) is 30.0 Å². The molecule has 3 heteroatoms. The van der Waals surface area contributed by atoms with Crippen LogP contribution in [0.5, 0.6) is 0 Å². The number of nitrogens with one attached hydrogen (secondary N) is 1. The van der Waals surface area contributed by atoms with Crippen molar-refractivity contribution in [2.45, 2.75) is 18.9 Å². The van der Waals surface area contributed by atoms with E-state index in [1.54, 1.807) is 6.39 Å². The highest BCUT2D eigenvalue weighted by Gasteiger charge is 2.30. The molecule has 2 heterocycles. The van der Waals surface area contributed by atoms with Gasteiger partial charge in [-0.15, -0.1) is 0 Å². The first kappa shape index (κ1) is 7.33. The molecule has 3 nitrogen and oxygen atoms in total. The smallest absolute Gasteiger partial charge is 0.181 e. The van der Waals surface area contributed by atoms with Gasteiger partial charge in [-0.05, 0) is 5.92 Å². The summed E-state index contributed by atoms with van der Waals surface area (Å²) in [7, 11) is 0. The number of fused-ring (bicyclic) bond motifs is 2. The number of oxazole rings is 1. The molecule has 0 radical (unpaired) electrons. The molecular formula is C10H12N2O. The van der Waals surface area contributed by atoms with Crippen molar-refractivity contribution in [3.63, 3.8) is 0 Å². The first-order valence-corrected chi connectivity index (χ1v) is 4.75. The van der Waals surface area contributed by atoms with E-state index in [0.29, 0.717) is 12.0 Å². The van der Waals surface area contributed by atoms with E-state index in [4.69, 9.17) is 4.42 Å². The average molecular weight is 176 g/mol. The Balaban J connectivity index is 1.95. The zero-order chi connectivity index (χ0) is 8.67. The molecule has 0 fully saturated rings. The molecule has 13 heavy (non-hydrogen) atoms. The van der Waals surface area contributed by atoms with Crippen LogP contribution in [-0.2, 0) is 12.8 Å². The molecular weight excluding hydrogens is 164 g/mol. The van der Waals surface area contributed by atoms with Crippen LogP contribution in [0.4, 0.5) is 0 Å². The van der Waals surface area contributed by atoms with Gasteiger partial charge in [-0.1, -0.05) is 12.2 Å². The maximum Gasteiger partial charge on any atom is 0.181 e. The predicted molar refractivity (Wildman–Crippen MR) is 48.3 cm³/mol. The molecule has 2 aliphatic rings. The molecule has 1 aliphatic heterocycles. The molecule has 0 amide bonds. The zero-order valence-corrected chi connectivity index (χ0v) is 7.36. The molecule has 68 valence electrons. The summed E-state index contributed by atoms with van der Waals surface area (Å²) in [5, 5.41) is 3.48. The van der Waals surface area contributed by atoms with Crippen LogP contribution in [-0.4, -0.2) is 17.6 Å². The van der Waals surface area contributed by atoms with Gasteiger partial charge in [0.05, 0.1) is 5.69 Å². The fourth-order valence-electron chi connectivity index (χ4n) is 2.23. The van der Waals surface area contributed by atoms with Gasteiger partial charge in [0.1, 0.15) is 5.76 Å². The van der Waals surface area contributed by atoms with Crippen LogP contribution in [0.3, 0.4) is 0 Å².